The minimum absolute atomic E-state index is 0.0958. The Balaban J connectivity index is 1.68. The molecule has 0 aliphatic heterocycles. The summed E-state index contributed by atoms with van der Waals surface area (Å²) in [5.74, 6) is -0.624. The summed E-state index contributed by atoms with van der Waals surface area (Å²) < 4.78 is 29.9. The van der Waals surface area contributed by atoms with Gasteiger partial charge in [-0.2, -0.15) is 0 Å². The van der Waals surface area contributed by atoms with E-state index in [0.717, 1.165) is 44.7 Å². The lowest BCUT2D eigenvalue weighted by molar-refractivity contribution is -0.140. The number of carbonyl (C=O) groups excluding carboxylic acids is 2. The van der Waals surface area contributed by atoms with Gasteiger partial charge in [0.25, 0.3) is 10.0 Å². The number of amides is 2. The Morgan fingerprint density at radius 2 is 1.56 bits per heavy atom. The molecule has 1 atom stereocenters. The number of hydrogen-bond acceptors (Lipinski definition) is 4. The highest BCUT2D eigenvalue weighted by Crippen LogP contribution is 2.26. The van der Waals surface area contributed by atoms with Crippen molar-refractivity contribution in [3.05, 3.63) is 93.6 Å². The van der Waals surface area contributed by atoms with Gasteiger partial charge in [-0.15, -0.1) is 0 Å². The number of halogens is 1. The first kappa shape index (κ1) is 31.0. The van der Waals surface area contributed by atoms with Crippen LogP contribution in [-0.2, 0) is 26.2 Å². The Labute approximate surface area is 257 Å². The molecule has 9 heteroatoms. The molecule has 1 fully saturated rings. The maximum absolute atomic E-state index is 14.2. The molecule has 0 saturated heterocycles. The molecule has 1 saturated carbocycles. The molecule has 1 N–H and O–H groups in total. The summed E-state index contributed by atoms with van der Waals surface area (Å²) in [4.78, 5) is 29.4. The van der Waals surface area contributed by atoms with Crippen molar-refractivity contribution in [3.63, 3.8) is 0 Å². The fourth-order valence-electron chi connectivity index (χ4n) is 5.21. The molecular weight excluding hydrogens is 649 g/mol. The van der Waals surface area contributed by atoms with E-state index in [4.69, 9.17) is 0 Å². The van der Waals surface area contributed by atoms with E-state index >= 15 is 0 Å². The van der Waals surface area contributed by atoms with Crippen molar-refractivity contribution in [2.75, 3.05) is 10.8 Å². The van der Waals surface area contributed by atoms with Gasteiger partial charge < -0.3 is 10.2 Å². The van der Waals surface area contributed by atoms with Crippen molar-refractivity contribution in [3.8, 4) is 0 Å². The SMILES string of the molecule is CCC(C(=O)NC1CCCCC1)N(Cc1ccc(C)cc1)C(=O)CN(c1ccc(I)cc1)S(=O)(=O)c1ccccc1. The van der Waals surface area contributed by atoms with E-state index in [1.807, 2.05) is 50.2 Å². The average molecular weight is 688 g/mol. The lowest BCUT2D eigenvalue weighted by atomic mass is 9.95. The second-order valence-corrected chi connectivity index (χ2v) is 13.7. The van der Waals surface area contributed by atoms with E-state index in [1.165, 1.54) is 18.6 Å². The van der Waals surface area contributed by atoms with Crippen LogP contribution in [0.4, 0.5) is 5.69 Å². The lowest BCUT2D eigenvalue weighted by Gasteiger charge is -2.34. The molecule has 1 aliphatic carbocycles. The molecule has 0 radical (unpaired) electrons. The number of hydrogen-bond donors (Lipinski definition) is 1. The Morgan fingerprint density at radius 1 is 0.927 bits per heavy atom. The van der Waals surface area contributed by atoms with E-state index in [9.17, 15) is 18.0 Å². The third-order valence-corrected chi connectivity index (χ3v) is 10.0. The van der Waals surface area contributed by atoms with Crippen LogP contribution in [0.25, 0.3) is 0 Å². The van der Waals surface area contributed by atoms with Gasteiger partial charge in [0.2, 0.25) is 11.8 Å². The van der Waals surface area contributed by atoms with Crippen molar-refractivity contribution in [1.82, 2.24) is 10.2 Å². The number of nitrogens with one attached hydrogen (secondary N) is 1. The molecular formula is C32H38IN3O4S. The molecule has 41 heavy (non-hydrogen) atoms. The Kier molecular flexibility index (Phi) is 10.8. The van der Waals surface area contributed by atoms with Crippen LogP contribution in [0.3, 0.4) is 0 Å². The molecule has 0 spiro atoms. The predicted molar refractivity (Wildman–Crippen MR) is 171 cm³/mol. The first-order valence-corrected chi connectivity index (χ1v) is 16.7. The van der Waals surface area contributed by atoms with Crippen molar-refractivity contribution in [2.24, 2.45) is 0 Å². The van der Waals surface area contributed by atoms with Gasteiger partial charge in [0.05, 0.1) is 10.6 Å². The fraction of sp³-hybridized carbons (Fsp3) is 0.375. The van der Waals surface area contributed by atoms with Crippen LogP contribution in [0.1, 0.15) is 56.6 Å². The minimum Gasteiger partial charge on any atom is -0.352 e. The van der Waals surface area contributed by atoms with Gasteiger partial charge in [0, 0.05) is 16.2 Å². The zero-order valence-corrected chi connectivity index (χ0v) is 26.6. The van der Waals surface area contributed by atoms with Crippen LogP contribution in [0, 0.1) is 10.5 Å². The molecule has 4 rings (SSSR count). The van der Waals surface area contributed by atoms with Crippen LogP contribution in [-0.4, -0.2) is 43.8 Å². The van der Waals surface area contributed by atoms with Gasteiger partial charge in [-0.25, -0.2) is 8.42 Å². The summed E-state index contributed by atoms with van der Waals surface area (Å²) in [5.41, 5.74) is 2.35. The number of carbonyl (C=O) groups is 2. The topological polar surface area (TPSA) is 86.8 Å². The summed E-state index contributed by atoms with van der Waals surface area (Å²) in [5, 5.41) is 3.18. The Hall–Kier alpha value is -2.92. The summed E-state index contributed by atoms with van der Waals surface area (Å²) in [6.07, 6.45) is 5.61. The number of sulfonamides is 1. The molecule has 1 aliphatic rings. The predicted octanol–water partition coefficient (Wildman–Crippen LogP) is 6.05. The highest BCUT2D eigenvalue weighted by molar-refractivity contribution is 14.1. The van der Waals surface area contributed by atoms with Crippen molar-refractivity contribution in [1.29, 1.82) is 0 Å². The summed E-state index contributed by atoms with van der Waals surface area (Å²) >= 11 is 2.16. The molecule has 3 aromatic carbocycles. The maximum atomic E-state index is 14.2. The molecule has 3 aromatic rings. The zero-order chi connectivity index (χ0) is 29.4. The van der Waals surface area contributed by atoms with Crippen LogP contribution in [0.2, 0.25) is 0 Å². The maximum Gasteiger partial charge on any atom is 0.264 e. The van der Waals surface area contributed by atoms with Crippen molar-refractivity contribution < 1.29 is 18.0 Å². The summed E-state index contributed by atoms with van der Waals surface area (Å²) in [6, 6.07) is 22.3. The normalized spacial score (nSPS) is 14.7. The van der Waals surface area contributed by atoms with E-state index in [0.29, 0.717) is 12.1 Å². The Bertz CT molecular complexity index is 1410. The van der Waals surface area contributed by atoms with E-state index in [-0.39, 0.29) is 23.4 Å². The second-order valence-electron chi connectivity index (χ2n) is 10.6. The smallest absolute Gasteiger partial charge is 0.264 e. The standard InChI is InChI=1S/C32H38IN3O4S/c1-3-30(32(38)34-27-10-6-4-7-11-27)35(22-25-16-14-24(2)15-17-25)31(37)23-36(28-20-18-26(33)19-21-28)41(39,40)29-12-8-5-9-13-29/h5,8-9,12-21,27,30H,3-4,6-7,10-11,22-23H2,1-2H3,(H,34,38). The minimum atomic E-state index is -4.07. The van der Waals surface area contributed by atoms with Crippen molar-refractivity contribution in [2.45, 2.75) is 75.9 Å². The third-order valence-electron chi connectivity index (χ3n) is 7.54. The number of aryl methyl sites for hydroxylation is 1. The number of anilines is 1. The van der Waals surface area contributed by atoms with Gasteiger partial charge in [0.15, 0.2) is 0 Å². The van der Waals surface area contributed by atoms with Crippen molar-refractivity contribution >= 4 is 50.1 Å². The average Bonchev–Trinajstić information content (AvgIpc) is 2.98. The molecule has 2 amide bonds. The molecule has 0 aromatic heterocycles. The summed E-state index contributed by atoms with van der Waals surface area (Å²) in [7, 11) is -4.07. The first-order valence-electron chi connectivity index (χ1n) is 14.2. The second kappa shape index (κ2) is 14.3. The molecule has 0 bridgehead atoms. The Morgan fingerprint density at radius 3 is 2.17 bits per heavy atom. The summed E-state index contributed by atoms with van der Waals surface area (Å²) in [6.45, 7) is 3.64. The van der Waals surface area contributed by atoms with Crippen LogP contribution < -0.4 is 9.62 Å². The van der Waals surface area contributed by atoms with Gasteiger partial charge in [-0.3, -0.25) is 13.9 Å². The zero-order valence-electron chi connectivity index (χ0n) is 23.6. The van der Waals surface area contributed by atoms with Crippen LogP contribution in [0.15, 0.2) is 83.8 Å². The monoisotopic (exact) mass is 687 g/mol. The lowest BCUT2D eigenvalue weighted by Crippen LogP contribution is -2.54. The fourth-order valence-corrected chi connectivity index (χ4v) is 7.00. The van der Waals surface area contributed by atoms with E-state index in [2.05, 4.69) is 27.9 Å². The third kappa shape index (κ3) is 8.09. The van der Waals surface area contributed by atoms with Gasteiger partial charge in [-0.1, -0.05) is 74.2 Å². The highest BCUT2D eigenvalue weighted by atomic mass is 127. The number of nitrogens with zero attached hydrogens (tertiary/aromatic N) is 2. The number of rotatable bonds is 11. The highest BCUT2D eigenvalue weighted by Gasteiger charge is 2.34. The van der Waals surface area contributed by atoms with Gasteiger partial charge in [-0.05, 0) is 90.7 Å². The van der Waals surface area contributed by atoms with Gasteiger partial charge >= 0.3 is 0 Å². The quantitative estimate of drug-likeness (QED) is 0.249. The van der Waals surface area contributed by atoms with Crippen LogP contribution >= 0.6 is 22.6 Å². The molecule has 7 nitrogen and oxygen atoms in total. The molecule has 218 valence electrons. The number of benzene rings is 3. The van der Waals surface area contributed by atoms with E-state index in [1.54, 1.807) is 35.2 Å². The molecule has 0 heterocycles. The van der Waals surface area contributed by atoms with E-state index < -0.39 is 28.5 Å². The molecule has 1 unspecified atom stereocenters. The van der Waals surface area contributed by atoms with Crippen LogP contribution in [0.5, 0.6) is 0 Å². The first-order chi connectivity index (χ1) is 19.7. The van der Waals surface area contributed by atoms with Gasteiger partial charge in [0.1, 0.15) is 12.6 Å². The largest absolute Gasteiger partial charge is 0.352 e.